The molecule has 0 spiro atoms. The fourth-order valence-corrected chi connectivity index (χ4v) is 8.92. The molecule has 2 aromatic carbocycles. The molecule has 2 rings (SSSR count). The SMILES string of the molecule is CCC(C=O)C[C@@H](CO[Si](c1ccccc1)(c1ccccc1)C(C)(C)C)NC(=O)OC(C)(C)C. The molecule has 1 amide bonds. The highest BCUT2D eigenvalue weighted by atomic mass is 28.4. The third-order valence-corrected chi connectivity index (χ3v) is 10.9. The van der Waals surface area contributed by atoms with Crippen molar-refractivity contribution in [3.05, 3.63) is 60.7 Å². The van der Waals surface area contributed by atoms with Crippen molar-refractivity contribution in [3.63, 3.8) is 0 Å². The van der Waals surface area contributed by atoms with Crippen molar-refractivity contribution in [2.24, 2.45) is 5.92 Å². The van der Waals surface area contributed by atoms with Gasteiger partial charge in [-0.05, 0) is 49.0 Å². The molecular weight excluding hydrogens is 442 g/mol. The number of amides is 1. The second kappa shape index (κ2) is 11.8. The zero-order valence-electron chi connectivity index (χ0n) is 21.8. The van der Waals surface area contributed by atoms with Crippen molar-refractivity contribution in [1.82, 2.24) is 5.32 Å². The number of alkyl carbamates (subject to hydrolysis) is 1. The largest absolute Gasteiger partial charge is 0.444 e. The van der Waals surface area contributed by atoms with Gasteiger partial charge in [0.25, 0.3) is 8.32 Å². The van der Waals surface area contributed by atoms with Crippen LogP contribution in [0.25, 0.3) is 0 Å². The maximum atomic E-state index is 12.6. The molecule has 0 aliphatic rings. The van der Waals surface area contributed by atoms with Gasteiger partial charge in [0.1, 0.15) is 11.9 Å². The zero-order valence-corrected chi connectivity index (χ0v) is 22.8. The van der Waals surface area contributed by atoms with E-state index in [4.69, 9.17) is 9.16 Å². The molecule has 0 radical (unpaired) electrons. The third-order valence-electron chi connectivity index (χ3n) is 5.94. The van der Waals surface area contributed by atoms with Gasteiger partial charge in [0.05, 0.1) is 12.6 Å². The molecule has 186 valence electrons. The predicted molar refractivity (Wildman–Crippen MR) is 141 cm³/mol. The fourth-order valence-electron chi connectivity index (χ4n) is 4.31. The summed E-state index contributed by atoms with van der Waals surface area (Å²) in [6, 6.07) is 20.4. The van der Waals surface area contributed by atoms with Gasteiger partial charge in [0.2, 0.25) is 0 Å². The van der Waals surface area contributed by atoms with Crippen molar-refractivity contribution in [2.75, 3.05) is 6.61 Å². The van der Waals surface area contributed by atoms with E-state index < -0.39 is 20.0 Å². The zero-order chi connectivity index (χ0) is 25.4. The number of ether oxygens (including phenoxy) is 1. The van der Waals surface area contributed by atoms with Crippen molar-refractivity contribution < 1.29 is 18.8 Å². The van der Waals surface area contributed by atoms with Crippen LogP contribution in [0.3, 0.4) is 0 Å². The van der Waals surface area contributed by atoms with Crippen LogP contribution in [-0.4, -0.2) is 38.9 Å². The topological polar surface area (TPSA) is 64.6 Å². The highest BCUT2D eigenvalue weighted by molar-refractivity contribution is 6.99. The first-order valence-corrected chi connectivity index (χ1v) is 14.0. The number of hydrogen-bond acceptors (Lipinski definition) is 4. The van der Waals surface area contributed by atoms with Crippen LogP contribution in [0.15, 0.2) is 60.7 Å². The summed E-state index contributed by atoms with van der Waals surface area (Å²) in [7, 11) is -2.76. The van der Waals surface area contributed by atoms with Crippen molar-refractivity contribution in [3.8, 4) is 0 Å². The normalized spacial score (nSPS) is 14.2. The molecule has 6 heteroatoms. The van der Waals surface area contributed by atoms with Crippen molar-refractivity contribution >= 4 is 31.1 Å². The standard InChI is InChI=1S/C28H41NO4Si/c1-8-22(20-30)19-23(29-26(31)33-27(2,3)4)21-32-34(28(5,6)7,24-15-11-9-12-16-24)25-17-13-10-14-18-25/h9-18,20,22-23H,8,19,21H2,1-7H3,(H,29,31)/t22?,23-/m0/s1. The van der Waals surface area contributed by atoms with Gasteiger partial charge in [-0.1, -0.05) is 88.4 Å². The maximum Gasteiger partial charge on any atom is 0.407 e. The number of carbonyl (C=O) groups excluding carboxylic acids is 2. The number of carbonyl (C=O) groups is 2. The lowest BCUT2D eigenvalue weighted by Gasteiger charge is -2.43. The summed E-state index contributed by atoms with van der Waals surface area (Å²) in [5.74, 6) is -0.164. The lowest BCUT2D eigenvalue weighted by molar-refractivity contribution is -0.111. The van der Waals surface area contributed by atoms with Crippen molar-refractivity contribution in [2.45, 2.75) is 78.0 Å². The Morgan fingerprint density at radius 2 is 1.44 bits per heavy atom. The minimum atomic E-state index is -2.76. The number of nitrogens with one attached hydrogen (secondary N) is 1. The summed E-state index contributed by atoms with van der Waals surface area (Å²) < 4.78 is 12.5. The van der Waals surface area contributed by atoms with Crippen LogP contribution in [0.1, 0.15) is 61.3 Å². The van der Waals surface area contributed by atoms with Gasteiger partial charge in [-0.2, -0.15) is 0 Å². The van der Waals surface area contributed by atoms with Crippen LogP contribution >= 0.6 is 0 Å². The lowest BCUT2D eigenvalue weighted by atomic mass is 9.99. The Bertz CT molecular complexity index is 864. The van der Waals surface area contributed by atoms with E-state index in [1.165, 1.54) is 10.4 Å². The Morgan fingerprint density at radius 3 is 1.82 bits per heavy atom. The summed E-state index contributed by atoms with van der Waals surface area (Å²) in [4.78, 5) is 24.2. The van der Waals surface area contributed by atoms with Crippen LogP contribution in [0, 0.1) is 5.92 Å². The van der Waals surface area contributed by atoms with Gasteiger partial charge in [-0.15, -0.1) is 0 Å². The molecule has 2 atom stereocenters. The molecule has 0 saturated carbocycles. The summed E-state index contributed by atoms with van der Waals surface area (Å²) >= 11 is 0. The maximum absolute atomic E-state index is 12.6. The second-order valence-corrected chi connectivity index (χ2v) is 15.2. The number of benzene rings is 2. The van der Waals surface area contributed by atoms with Gasteiger partial charge in [-0.3, -0.25) is 0 Å². The van der Waals surface area contributed by atoms with E-state index in [-0.39, 0.29) is 23.6 Å². The van der Waals surface area contributed by atoms with Crippen molar-refractivity contribution in [1.29, 1.82) is 0 Å². The molecule has 0 saturated heterocycles. The Hall–Kier alpha value is -2.44. The molecule has 2 aromatic rings. The van der Waals surface area contributed by atoms with Crippen LogP contribution in [0.4, 0.5) is 4.79 Å². The van der Waals surface area contributed by atoms with E-state index in [9.17, 15) is 9.59 Å². The molecular formula is C28H41NO4Si. The summed E-state index contributed by atoms with van der Waals surface area (Å²) in [6.07, 6.45) is 1.67. The van der Waals surface area contributed by atoms with E-state index in [0.717, 1.165) is 6.29 Å². The first-order valence-electron chi connectivity index (χ1n) is 12.1. The smallest absolute Gasteiger partial charge is 0.407 e. The Kier molecular flexibility index (Phi) is 9.65. The molecule has 0 bridgehead atoms. The molecule has 0 aliphatic heterocycles. The summed E-state index contributed by atoms with van der Waals surface area (Å²) in [5.41, 5.74) is -0.609. The van der Waals surface area contributed by atoms with E-state index >= 15 is 0 Å². The molecule has 0 heterocycles. The molecule has 0 fully saturated rings. The summed E-state index contributed by atoms with van der Waals surface area (Å²) in [5, 5.41) is 5.14. The third kappa shape index (κ3) is 7.28. The van der Waals surface area contributed by atoms with E-state index in [2.05, 4.69) is 50.4 Å². The van der Waals surface area contributed by atoms with Crippen LogP contribution in [0.2, 0.25) is 5.04 Å². The number of hydrogen-bond donors (Lipinski definition) is 1. The number of aldehydes is 1. The molecule has 0 aliphatic carbocycles. The van der Waals surface area contributed by atoms with Gasteiger partial charge >= 0.3 is 6.09 Å². The Balaban J connectivity index is 2.46. The van der Waals surface area contributed by atoms with Gasteiger partial charge in [-0.25, -0.2) is 4.79 Å². The molecule has 34 heavy (non-hydrogen) atoms. The molecule has 0 aromatic heterocycles. The Morgan fingerprint density at radius 1 is 0.941 bits per heavy atom. The van der Waals surface area contributed by atoms with Crippen LogP contribution in [0.5, 0.6) is 0 Å². The van der Waals surface area contributed by atoms with Crippen LogP contribution < -0.4 is 15.7 Å². The lowest BCUT2D eigenvalue weighted by Crippen LogP contribution is -2.67. The monoisotopic (exact) mass is 483 g/mol. The first kappa shape index (κ1) is 27.8. The quantitative estimate of drug-likeness (QED) is 0.378. The Labute approximate surface area is 206 Å². The second-order valence-electron chi connectivity index (χ2n) is 10.9. The summed E-state index contributed by atoms with van der Waals surface area (Å²) in [6.45, 7) is 14.4. The molecule has 5 nitrogen and oxygen atoms in total. The van der Waals surface area contributed by atoms with E-state index in [1.54, 1.807) is 0 Å². The average molecular weight is 484 g/mol. The molecule has 1 N–H and O–H groups in total. The minimum absolute atomic E-state index is 0.164. The average Bonchev–Trinajstić information content (AvgIpc) is 2.76. The molecule has 1 unspecified atom stereocenters. The predicted octanol–water partition coefficient (Wildman–Crippen LogP) is 5.07. The van der Waals surface area contributed by atoms with Gasteiger partial charge < -0.3 is 19.3 Å². The first-order chi connectivity index (χ1) is 15.9. The minimum Gasteiger partial charge on any atom is -0.444 e. The van der Waals surface area contributed by atoms with Gasteiger partial charge in [0.15, 0.2) is 0 Å². The van der Waals surface area contributed by atoms with Crippen LogP contribution in [-0.2, 0) is 14.0 Å². The fraction of sp³-hybridized carbons (Fsp3) is 0.500. The highest BCUT2D eigenvalue weighted by Gasteiger charge is 2.50. The highest BCUT2D eigenvalue weighted by Crippen LogP contribution is 2.37. The van der Waals surface area contributed by atoms with Gasteiger partial charge in [0, 0.05) is 5.92 Å². The number of rotatable bonds is 10. The van der Waals surface area contributed by atoms with E-state index in [0.29, 0.717) is 12.8 Å². The van der Waals surface area contributed by atoms with E-state index in [1.807, 2.05) is 64.1 Å².